The molecule has 0 radical (unpaired) electrons. The molecule has 106 valence electrons. The largest absolute Gasteiger partial charge is 0.490 e. The van der Waals surface area contributed by atoms with Gasteiger partial charge in [0.15, 0.2) is 11.5 Å². The Bertz CT molecular complexity index is 449. The molecule has 0 spiro atoms. The van der Waals surface area contributed by atoms with Gasteiger partial charge in [-0.1, -0.05) is 15.9 Å². The molecule has 5 heteroatoms. The number of benzene rings is 1. The molecule has 0 fully saturated rings. The first-order chi connectivity index (χ1) is 8.99. The Morgan fingerprint density at radius 3 is 2.26 bits per heavy atom. The highest BCUT2D eigenvalue weighted by Crippen LogP contribution is 2.36. The Labute approximate surface area is 122 Å². The normalized spacial score (nSPS) is 11.8. The smallest absolute Gasteiger partial charge is 0.217 e. The second-order valence-electron chi connectivity index (χ2n) is 4.11. The maximum absolute atomic E-state index is 11.1. The fourth-order valence-corrected chi connectivity index (χ4v) is 2.47. The van der Waals surface area contributed by atoms with Gasteiger partial charge in [-0.05, 0) is 38.5 Å². The van der Waals surface area contributed by atoms with E-state index in [-0.39, 0.29) is 11.9 Å². The average Bonchev–Trinajstić information content (AvgIpc) is 2.31. The van der Waals surface area contributed by atoms with Gasteiger partial charge in [-0.15, -0.1) is 0 Å². The monoisotopic (exact) mass is 329 g/mol. The Morgan fingerprint density at radius 2 is 1.79 bits per heavy atom. The van der Waals surface area contributed by atoms with Crippen LogP contribution in [-0.2, 0) is 4.79 Å². The number of hydrogen-bond donors (Lipinski definition) is 1. The molecule has 0 unspecified atom stereocenters. The van der Waals surface area contributed by atoms with E-state index >= 15 is 0 Å². The molecule has 0 aromatic heterocycles. The van der Waals surface area contributed by atoms with Crippen LogP contribution in [0.25, 0.3) is 0 Å². The van der Waals surface area contributed by atoms with E-state index in [1.165, 1.54) is 6.92 Å². The molecule has 0 aliphatic heterocycles. The molecule has 1 aromatic rings. The molecule has 19 heavy (non-hydrogen) atoms. The molecule has 0 heterocycles. The van der Waals surface area contributed by atoms with Crippen LogP contribution in [-0.4, -0.2) is 19.1 Å². The van der Waals surface area contributed by atoms with Crippen molar-refractivity contribution in [2.24, 2.45) is 0 Å². The SMILES string of the molecule is CCOc1cc(Br)c([C@@H](C)NC(C)=O)cc1OCC. The first-order valence-electron chi connectivity index (χ1n) is 6.35. The number of ether oxygens (including phenoxy) is 2. The number of hydrogen-bond acceptors (Lipinski definition) is 3. The molecule has 1 N–H and O–H groups in total. The number of carbonyl (C=O) groups is 1. The summed E-state index contributed by atoms with van der Waals surface area (Å²) in [6.45, 7) is 8.43. The van der Waals surface area contributed by atoms with E-state index in [1.807, 2.05) is 32.9 Å². The van der Waals surface area contributed by atoms with E-state index in [2.05, 4.69) is 21.2 Å². The maximum atomic E-state index is 11.1. The van der Waals surface area contributed by atoms with Crippen LogP contribution in [0.2, 0.25) is 0 Å². The minimum Gasteiger partial charge on any atom is -0.490 e. The van der Waals surface area contributed by atoms with Crippen LogP contribution >= 0.6 is 15.9 Å². The first-order valence-corrected chi connectivity index (χ1v) is 7.15. The second kappa shape index (κ2) is 7.38. The van der Waals surface area contributed by atoms with Crippen molar-refractivity contribution in [1.29, 1.82) is 0 Å². The molecule has 0 aliphatic rings. The minimum atomic E-state index is -0.0956. The third-order valence-electron chi connectivity index (χ3n) is 2.55. The summed E-state index contributed by atoms with van der Waals surface area (Å²) in [5, 5.41) is 2.86. The molecular formula is C14H20BrNO3. The quantitative estimate of drug-likeness (QED) is 0.869. The lowest BCUT2D eigenvalue weighted by Crippen LogP contribution is -2.24. The molecule has 1 amide bonds. The summed E-state index contributed by atoms with van der Waals surface area (Å²) in [7, 11) is 0. The van der Waals surface area contributed by atoms with Gasteiger partial charge in [0.05, 0.1) is 19.3 Å². The lowest BCUT2D eigenvalue weighted by molar-refractivity contribution is -0.119. The zero-order valence-electron chi connectivity index (χ0n) is 11.7. The van der Waals surface area contributed by atoms with E-state index in [9.17, 15) is 4.79 Å². The van der Waals surface area contributed by atoms with Gasteiger partial charge in [0.25, 0.3) is 0 Å². The van der Waals surface area contributed by atoms with Crippen LogP contribution in [0.1, 0.15) is 39.3 Å². The molecule has 0 bridgehead atoms. The Balaban J connectivity index is 3.11. The van der Waals surface area contributed by atoms with Crippen molar-refractivity contribution in [3.63, 3.8) is 0 Å². The third kappa shape index (κ3) is 4.42. The average molecular weight is 330 g/mol. The standard InChI is InChI=1S/C14H20BrNO3/c1-5-18-13-7-11(9(3)16-10(4)17)12(15)8-14(13)19-6-2/h7-9H,5-6H2,1-4H3,(H,16,17)/t9-/m1/s1. The van der Waals surface area contributed by atoms with Crippen LogP contribution in [0.5, 0.6) is 11.5 Å². The van der Waals surface area contributed by atoms with Gasteiger partial charge >= 0.3 is 0 Å². The maximum Gasteiger partial charge on any atom is 0.217 e. The van der Waals surface area contributed by atoms with Crippen molar-refractivity contribution in [3.05, 3.63) is 22.2 Å². The number of carbonyl (C=O) groups excluding carboxylic acids is 1. The molecule has 0 saturated heterocycles. The van der Waals surface area contributed by atoms with Gasteiger partial charge in [-0.3, -0.25) is 4.79 Å². The van der Waals surface area contributed by atoms with Crippen molar-refractivity contribution in [2.75, 3.05) is 13.2 Å². The zero-order chi connectivity index (χ0) is 14.4. The van der Waals surface area contributed by atoms with Crippen molar-refractivity contribution in [2.45, 2.75) is 33.7 Å². The molecule has 1 aromatic carbocycles. The fraction of sp³-hybridized carbons (Fsp3) is 0.500. The molecule has 0 saturated carbocycles. The molecule has 1 atom stereocenters. The van der Waals surface area contributed by atoms with Gasteiger partial charge < -0.3 is 14.8 Å². The Kier molecular flexibility index (Phi) is 6.15. The van der Waals surface area contributed by atoms with Gasteiger partial charge in [-0.2, -0.15) is 0 Å². The Morgan fingerprint density at radius 1 is 1.26 bits per heavy atom. The topological polar surface area (TPSA) is 47.6 Å². The van der Waals surface area contributed by atoms with E-state index in [0.717, 1.165) is 10.0 Å². The highest BCUT2D eigenvalue weighted by atomic mass is 79.9. The predicted molar refractivity (Wildman–Crippen MR) is 78.7 cm³/mol. The lowest BCUT2D eigenvalue weighted by atomic mass is 10.1. The first kappa shape index (κ1) is 15.8. The van der Waals surface area contributed by atoms with Crippen molar-refractivity contribution in [1.82, 2.24) is 5.32 Å². The van der Waals surface area contributed by atoms with Crippen LogP contribution in [0.4, 0.5) is 0 Å². The lowest BCUT2D eigenvalue weighted by Gasteiger charge is -2.18. The summed E-state index contributed by atoms with van der Waals surface area (Å²) in [6.07, 6.45) is 0. The number of halogens is 1. The highest BCUT2D eigenvalue weighted by Gasteiger charge is 2.15. The highest BCUT2D eigenvalue weighted by molar-refractivity contribution is 9.10. The minimum absolute atomic E-state index is 0.0637. The van der Waals surface area contributed by atoms with E-state index < -0.39 is 0 Å². The van der Waals surface area contributed by atoms with Gasteiger partial charge in [0.2, 0.25) is 5.91 Å². The Hall–Kier alpha value is -1.23. The van der Waals surface area contributed by atoms with E-state index in [1.54, 1.807) is 0 Å². The van der Waals surface area contributed by atoms with Gasteiger partial charge in [0.1, 0.15) is 0 Å². The van der Waals surface area contributed by atoms with Gasteiger partial charge in [-0.25, -0.2) is 0 Å². The van der Waals surface area contributed by atoms with E-state index in [4.69, 9.17) is 9.47 Å². The molecule has 4 nitrogen and oxygen atoms in total. The summed E-state index contributed by atoms with van der Waals surface area (Å²) < 4.78 is 12.0. The van der Waals surface area contributed by atoms with Crippen LogP contribution < -0.4 is 14.8 Å². The summed E-state index contributed by atoms with van der Waals surface area (Å²) in [6, 6.07) is 3.68. The van der Waals surface area contributed by atoms with E-state index in [0.29, 0.717) is 24.7 Å². The van der Waals surface area contributed by atoms with Crippen LogP contribution in [0.3, 0.4) is 0 Å². The third-order valence-corrected chi connectivity index (χ3v) is 3.24. The summed E-state index contributed by atoms with van der Waals surface area (Å²) in [4.78, 5) is 11.1. The summed E-state index contributed by atoms with van der Waals surface area (Å²) >= 11 is 3.51. The molecule has 1 rings (SSSR count). The number of amides is 1. The van der Waals surface area contributed by atoms with Crippen molar-refractivity contribution < 1.29 is 14.3 Å². The molecule has 0 aliphatic carbocycles. The predicted octanol–water partition coefficient (Wildman–Crippen LogP) is 3.44. The summed E-state index contributed by atoms with van der Waals surface area (Å²) in [5.74, 6) is 1.33. The number of rotatable bonds is 6. The van der Waals surface area contributed by atoms with Crippen molar-refractivity contribution in [3.8, 4) is 11.5 Å². The van der Waals surface area contributed by atoms with Crippen LogP contribution in [0.15, 0.2) is 16.6 Å². The molecular weight excluding hydrogens is 310 g/mol. The van der Waals surface area contributed by atoms with Crippen LogP contribution in [0, 0.1) is 0 Å². The van der Waals surface area contributed by atoms with Crippen molar-refractivity contribution >= 4 is 21.8 Å². The second-order valence-corrected chi connectivity index (χ2v) is 4.96. The summed E-state index contributed by atoms with van der Waals surface area (Å²) in [5.41, 5.74) is 0.960. The zero-order valence-corrected chi connectivity index (χ0v) is 13.3. The fourth-order valence-electron chi connectivity index (χ4n) is 1.80. The number of nitrogens with one attached hydrogen (secondary N) is 1. The van der Waals surface area contributed by atoms with Gasteiger partial charge in [0, 0.05) is 11.4 Å².